The van der Waals surface area contributed by atoms with Crippen molar-refractivity contribution in [2.24, 2.45) is 5.92 Å². The summed E-state index contributed by atoms with van der Waals surface area (Å²) in [6.45, 7) is 7.43. The zero-order chi connectivity index (χ0) is 29.4. The smallest absolute Gasteiger partial charge is 0.259 e. The van der Waals surface area contributed by atoms with Crippen LogP contribution < -0.4 is 4.74 Å². The number of halogens is 1. The summed E-state index contributed by atoms with van der Waals surface area (Å²) in [6, 6.07) is 8.11. The first-order valence-electron chi connectivity index (χ1n) is 13.8. The highest BCUT2D eigenvalue weighted by molar-refractivity contribution is 7.89. The summed E-state index contributed by atoms with van der Waals surface area (Å²) in [7, 11) is 1.54. The molecule has 0 saturated carbocycles. The van der Waals surface area contributed by atoms with E-state index in [1.165, 1.54) is 23.5 Å². The lowest BCUT2D eigenvalue weighted by atomic mass is 10.0. The number of benzene rings is 1. The van der Waals surface area contributed by atoms with Crippen molar-refractivity contribution in [3.8, 4) is 5.88 Å². The second-order valence-electron chi connectivity index (χ2n) is 11.0. The molecular formula is C29H43FN4O5S. The molecule has 40 heavy (non-hydrogen) atoms. The largest absolute Gasteiger partial charge is 0.474 e. The number of pyridine rings is 1. The van der Waals surface area contributed by atoms with Gasteiger partial charge in [-0.1, -0.05) is 6.92 Å². The number of fused-ring (bicyclic) bond motifs is 1. The van der Waals surface area contributed by atoms with Crippen LogP contribution in [0.4, 0.5) is 4.39 Å². The number of carbonyl (C=O) groups excluding carboxylic acids is 1. The molecule has 0 saturated heterocycles. The third-order valence-corrected chi connectivity index (χ3v) is 8.99. The molecule has 0 spiro atoms. The Morgan fingerprint density at radius 3 is 2.50 bits per heavy atom. The second-order valence-corrected chi connectivity index (χ2v) is 13.0. The maximum Gasteiger partial charge on any atom is 0.259 e. The topological polar surface area (TPSA) is 92.3 Å². The van der Waals surface area contributed by atoms with Gasteiger partial charge in [-0.15, -0.1) is 0 Å². The van der Waals surface area contributed by atoms with Gasteiger partial charge in [0, 0.05) is 51.4 Å². The van der Waals surface area contributed by atoms with Crippen LogP contribution in [0.3, 0.4) is 0 Å². The predicted octanol–water partition coefficient (Wildman–Crippen LogP) is 3.91. The van der Waals surface area contributed by atoms with Crippen molar-refractivity contribution in [2.75, 3.05) is 47.4 Å². The Balaban J connectivity index is 1.93. The molecule has 0 aliphatic carbocycles. The minimum absolute atomic E-state index is 0.0134. The average molecular weight is 579 g/mol. The van der Waals surface area contributed by atoms with E-state index in [4.69, 9.17) is 9.47 Å². The van der Waals surface area contributed by atoms with Crippen LogP contribution in [0.1, 0.15) is 50.4 Å². The van der Waals surface area contributed by atoms with Crippen molar-refractivity contribution < 1.29 is 27.1 Å². The lowest BCUT2D eigenvalue weighted by molar-refractivity contribution is -0.00692. The van der Waals surface area contributed by atoms with Gasteiger partial charge >= 0.3 is 0 Å². The predicted molar refractivity (Wildman–Crippen MR) is 152 cm³/mol. The number of ether oxygens (including phenoxy) is 2. The number of hydrogen-bond donors (Lipinski definition) is 0. The number of likely N-dealkylation sites (N-methyl/N-ethyl adjacent to an activating group) is 2. The lowest BCUT2D eigenvalue weighted by Gasteiger charge is -2.36. The van der Waals surface area contributed by atoms with Crippen molar-refractivity contribution in [3.63, 3.8) is 0 Å². The molecule has 3 rings (SSSR count). The van der Waals surface area contributed by atoms with Crippen molar-refractivity contribution in [2.45, 2.75) is 63.2 Å². The van der Waals surface area contributed by atoms with Crippen LogP contribution in [0.5, 0.6) is 5.88 Å². The normalized spacial score (nSPS) is 22.5. The molecule has 0 unspecified atom stereocenters. The minimum Gasteiger partial charge on any atom is -0.474 e. The summed E-state index contributed by atoms with van der Waals surface area (Å²) in [5, 5.41) is 0. The van der Waals surface area contributed by atoms with E-state index in [0.717, 1.165) is 31.4 Å². The highest BCUT2D eigenvalue weighted by Gasteiger charge is 2.32. The molecule has 0 fully saturated rings. The molecule has 0 N–H and O–H groups in total. The Labute approximate surface area is 238 Å². The molecule has 1 amide bonds. The van der Waals surface area contributed by atoms with E-state index in [-0.39, 0.29) is 35.4 Å². The third kappa shape index (κ3) is 8.45. The van der Waals surface area contributed by atoms with Crippen molar-refractivity contribution in [1.29, 1.82) is 0 Å². The van der Waals surface area contributed by atoms with Crippen molar-refractivity contribution in [3.05, 3.63) is 54.0 Å². The fourth-order valence-corrected chi connectivity index (χ4v) is 6.06. The number of sulfonamides is 1. The van der Waals surface area contributed by atoms with Gasteiger partial charge in [-0.2, -0.15) is 4.31 Å². The number of amides is 1. The molecule has 222 valence electrons. The summed E-state index contributed by atoms with van der Waals surface area (Å²) in [4.78, 5) is 22.2. The first-order chi connectivity index (χ1) is 18.9. The molecule has 2 heterocycles. The van der Waals surface area contributed by atoms with Gasteiger partial charge in [-0.25, -0.2) is 17.8 Å². The fourth-order valence-electron chi connectivity index (χ4n) is 4.87. The number of aromatic nitrogens is 1. The Morgan fingerprint density at radius 2 is 1.82 bits per heavy atom. The Bertz CT molecular complexity index is 1210. The molecule has 2 aromatic rings. The Hall–Kier alpha value is -2.60. The second kappa shape index (κ2) is 14.3. The van der Waals surface area contributed by atoms with Crippen LogP contribution in [0.2, 0.25) is 0 Å². The van der Waals surface area contributed by atoms with Gasteiger partial charge in [-0.05, 0) is 83.6 Å². The molecule has 0 bridgehead atoms. The highest BCUT2D eigenvalue weighted by atomic mass is 32.2. The molecule has 4 atom stereocenters. The van der Waals surface area contributed by atoms with E-state index in [9.17, 15) is 17.6 Å². The lowest BCUT2D eigenvalue weighted by Crippen LogP contribution is -2.49. The van der Waals surface area contributed by atoms with Gasteiger partial charge in [0.2, 0.25) is 15.9 Å². The number of hydrogen-bond acceptors (Lipinski definition) is 7. The Kier molecular flexibility index (Phi) is 11.4. The first-order valence-corrected chi connectivity index (χ1v) is 15.2. The van der Waals surface area contributed by atoms with Crippen LogP contribution >= 0.6 is 0 Å². The van der Waals surface area contributed by atoms with Gasteiger partial charge < -0.3 is 19.3 Å². The molecule has 1 aromatic heterocycles. The number of nitrogens with zero attached hydrogens (tertiary/aromatic N) is 4. The van der Waals surface area contributed by atoms with Crippen LogP contribution in [-0.4, -0.2) is 99.0 Å². The van der Waals surface area contributed by atoms with Crippen LogP contribution in [-0.2, 0) is 14.8 Å². The first kappa shape index (κ1) is 31.9. The monoisotopic (exact) mass is 578 g/mol. The highest BCUT2D eigenvalue weighted by Crippen LogP contribution is 2.25. The zero-order valence-electron chi connectivity index (χ0n) is 24.4. The molecule has 0 radical (unpaired) electrons. The molecular weight excluding hydrogens is 535 g/mol. The van der Waals surface area contributed by atoms with Crippen molar-refractivity contribution in [1.82, 2.24) is 19.1 Å². The summed E-state index contributed by atoms with van der Waals surface area (Å²) < 4.78 is 53.6. The van der Waals surface area contributed by atoms with E-state index < -0.39 is 21.9 Å². The Morgan fingerprint density at radius 1 is 1.12 bits per heavy atom. The fraction of sp³-hybridized carbons (Fsp3) is 0.586. The standard InChI is InChI=1S/C29H43FN4O5S/c1-21-18-34(22(2)19-32(4)5)29(35)26-11-9-16-31-28(26)39-23(3)10-7-8-17-38-27(21)20-33(6)40(36,37)25-14-12-24(30)13-15-25/h9,11-16,21-23,27H,7-8,10,17-20H2,1-6H3/t21-,22+,23+,27+/m1/s1. The molecule has 1 aromatic carbocycles. The number of rotatable bonds is 7. The maximum absolute atomic E-state index is 14.0. The molecule has 1 aliphatic heterocycles. The van der Waals surface area contributed by atoms with Gasteiger partial charge in [0.15, 0.2) is 0 Å². The number of carbonyl (C=O) groups is 1. The quantitative estimate of drug-likeness (QED) is 0.492. The summed E-state index contributed by atoms with van der Waals surface area (Å²) >= 11 is 0. The third-order valence-electron chi connectivity index (χ3n) is 7.15. The summed E-state index contributed by atoms with van der Waals surface area (Å²) in [5.74, 6) is -0.579. The zero-order valence-corrected chi connectivity index (χ0v) is 25.2. The van der Waals surface area contributed by atoms with Gasteiger partial charge in [-0.3, -0.25) is 4.79 Å². The molecule has 9 nitrogen and oxygen atoms in total. The van der Waals surface area contributed by atoms with Gasteiger partial charge in [0.1, 0.15) is 11.4 Å². The molecule has 1 aliphatic rings. The van der Waals surface area contributed by atoms with Crippen molar-refractivity contribution >= 4 is 15.9 Å². The van der Waals surface area contributed by atoms with Crippen LogP contribution in [0.25, 0.3) is 0 Å². The van der Waals surface area contributed by atoms with Crippen LogP contribution in [0.15, 0.2) is 47.5 Å². The van der Waals surface area contributed by atoms with E-state index in [1.807, 2.05) is 39.8 Å². The van der Waals surface area contributed by atoms with E-state index in [2.05, 4.69) is 4.98 Å². The van der Waals surface area contributed by atoms with Gasteiger partial charge in [0.25, 0.3) is 5.91 Å². The summed E-state index contributed by atoms with van der Waals surface area (Å²) in [6.07, 6.45) is 3.38. The summed E-state index contributed by atoms with van der Waals surface area (Å²) in [5.41, 5.74) is 0.401. The van der Waals surface area contributed by atoms with E-state index >= 15 is 0 Å². The van der Waals surface area contributed by atoms with E-state index in [0.29, 0.717) is 31.1 Å². The van der Waals surface area contributed by atoms with Gasteiger partial charge in [0.05, 0.1) is 17.1 Å². The SMILES string of the molecule is C[C@@H]1CN([C@@H](C)CN(C)C)C(=O)c2cccnc2O[C@@H](C)CCCCO[C@H]1CN(C)S(=O)(=O)c1ccc(F)cc1. The van der Waals surface area contributed by atoms with E-state index in [1.54, 1.807) is 23.2 Å². The van der Waals surface area contributed by atoms with Crippen LogP contribution in [0, 0.1) is 11.7 Å². The maximum atomic E-state index is 14.0. The average Bonchev–Trinajstić information content (AvgIpc) is 2.89. The molecule has 11 heteroatoms. The minimum atomic E-state index is -3.87.